The maximum absolute atomic E-state index is 12.8. The van der Waals surface area contributed by atoms with Gasteiger partial charge in [-0.05, 0) is 77.0 Å². The molecule has 0 saturated carbocycles. The Kier molecular flexibility index (Phi) is 47.6. The van der Waals surface area contributed by atoms with Gasteiger partial charge in [0.2, 0.25) is 0 Å². The van der Waals surface area contributed by atoms with E-state index >= 15 is 0 Å². The minimum Gasteiger partial charge on any atom is -0.477 e. The monoisotopic (exact) mass is 945 g/mol. The molecule has 0 aliphatic rings. The van der Waals surface area contributed by atoms with Gasteiger partial charge in [-0.25, -0.2) is 4.79 Å². The average molecular weight is 945 g/mol. The van der Waals surface area contributed by atoms with E-state index in [2.05, 4.69) is 62.5 Å². The van der Waals surface area contributed by atoms with Crippen LogP contribution < -0.4 is 0 Å². The van der Waals surface area contributed by atoms with Crippen LogP contribution in [0.3, 0.4) is 0 Å². The third kappa shape index (κ3) is 50.9. The predicted molar refractivity (Wildman–Crippen MR) is 281 cm³/mol. The maximum Gasteiger partial charge on any atom is 0.361 e. The van der Waals surface area contributed by atoms with E-state index in [-0.39, 0.29) is 32.2 Å². The minimum absolute atomic E-state index is 0.184. The van der Waals surface area contributed by atoms with E-state index in [4.69, 9.17) is 18.9 Å². The normalized spacial score (nSPS) is 13.1. The second-order valence-electron chi connectivity index (χ2n) is 19.9. The summed E-state index contributed by atoms with van der Waals surface area (Å²) >= 11 is 0. The Morgan fingerprint density at radius 3 is 1.21 bits per heavy atom. The first-order chi connectivity index (χ1) is 32.6. The Bertz CT molecular complexity index is 1240. The Labute approximate surface area is 412 Å². The van der Waals surface area contributed by atoms with Gasteiger partial charge < -0.3 is 28.5 Å². The van der Waals surface area contributed by atoms with Gasteiger partial charge in [0.15, 0.2) is 6.10 Å². The van der Waals surface area contributed by atoms with Gasteiger partial charge in [0, 0.05) is 12.8 Å². The Morgan fingerprint density at radius 2 is 0.806 bits per heavy atom. The van der Waals surface area contributed by atoms with Crippen molar-refractivity contribution in [1.29, 1.82) is 0 Å². The molecular weight excluding hydrogens is 839 g/mol. The highest BCUT2D eigenvalue weighted by Crippen LogP contribution is 2.15. The number of allylic oxidation sites excluding steroid dienone is 8. The lowest BCUT2D eigenvalue weighted by Gasteiger charge is -2.25. The summed E-state index contributed by atoms with van der Waals surface area (Å²) in [5.41, 5.74) is 0. The lowest BCUT2D eigenvalue weighted by molar-refractivity contribution is -0.870. The van der Waals surface area contributed by atoms with Crippen molar-refractivity contribution in [1.82, 2.24) is 0 Å². The number of unbranched alkanes of at least 4 members (excludes halogenated alkanes) is 28. The van der Waals surface area contributed by atoms with Crippen LogP contribution in [0.15, 0.2) is 48.6 Å². The molecule has 0 aliphatic heterocycles. The summed E-state index contributed by atoms with van der Waals surface area (Å²) in [6, 6.07) is 0. The molecule has 0 bridgehead atoms. The molecule has 0 spiro atoms. The van der Waals surface area contributed by atoms with Crippen molar-refractivity contribution in [3.05, 3.63) is 48.6 Å². The number of quaternary nitrogens is 1. The Hall–Kier alpha value is -2.75. The van der Waals surface area contributed by atoms with Gasteiger partial charge in [-0.2, -0.15) is 0 Å². The van der Waals surface area contributed by atoms with Crippen molar-refractivity contribution >= 4 is 17.9 Å². The van der Waals surface area contributed by atoms with Crippen LogP contribution in [0.1, 0.15) is 245 Å². The van der Waals surface area contributed by atoms with Crippen LogP contribution in [0.4, 0.5) is 0 Å². The van der Waals surface area contributed by atoms with Crippen molar-refractivity contribution in [2.24, 2.45) is 0 Å². The van der Waals surface area contributed by atoms with Gasteiger partial charge in [0.05, 0.1) is 34.4 Å². The minimum atomic E-state index is -1.51. The van der Waals surface area contributed by atoms with Gasteiger partial charge in [-0.3, -0.25) is 9.59 Å². The standard InChI is InChI=1S/C58H105NO8/c1-6-8-10-12-14-16-18-20-22-24-26-28-30-32-34-36-38-40-42-44-46-48-55(60)65-52-54(53-66-58(57(62)63)64-51-50-59(3,4)5)67-56(61)49-47-45-43-41-39-37-35-33-31-29-27-25-23-21-19-17-15-13-11-9-7-2/h19,21,24-27,31,33,54,58H,6-18,20,22-23,28-30,32,34-53H2,1-5H3/p+1/b21-19-,26-24-,27-25-,33-31-. The lowest BCUT2D eigenvalue weighted by atomic mass is 10.1. The molecule has 0 aromatic rings. The molecule has 1 N–H and O–H groups in total. The Morgan fingerprint density at radius 1 is 0.448 bits per heavy atom. The topological polar surface area (TPSA) is 108 Å². The van der Waals surface area contributed by atoms with Crippen LogP contribution in [0.25, 0.3) is 0 Å². The summed E-state index contributed by atoms with van der Waals surface area (Å²) in [7, 11) is 5.96. The van der Waals surface area contributed by atoms with Crippen LogP contribution in [0, 0.1) is 0 Å². The first-order valence-electron chi connectivity index (χ1n) is 27.8. The number of rotatable bonds is 51. The Balaban J connectivity index is 4.32. The summed E-state index contributed by atoms with van der Waals surface area (Å²) in [6.45, 7) is 4.87. The fourth-order valence-corrected chi connectivity index (χ4v) is 7.72. The number of carboxylic acids is 1. The zero-order valence-electron chi connectivity index (χ0n) is 44.3. The van der Waals surface area contributed by atoms with Crippen LogP contribution in [-0.2, 0) is 33.3 Å². The molecule has 0 aromatic carbocycles. The summed E-state index contributed by atoms with van der Waals surface area (Å²) in [5.74, 6) is -2.02. The summed E-state index contributed by atoms with van der Waals surface area (Å²) in [5, 5.41) is 9.69. The van der Waals surface area contributed by atoms with Gasteiger partial charge in [-0.15, -0.1) is 0 Å². The molecule has 0 fully saturated rings. The van der Waals surface area contributed by atoms with Crippen LogP contribution in [0.2, 0.25) is 0 Å². The molecule has 67 heavy (non-hydrogen) atoms. The van der Waals surface area contributed by atoms with Gasteiger partial charge in [0.25, 0.3) is 6.29 Å². The van der Waals surface area contributed by atoms with E-state index in [1.165, 1.54) is 141 Å². The molecule has 2 atom stereocenters. The molecule has 0 aromatic heterocycles. The van der Waals surface area contributed by atoms with E-state index in [9.17, 15) is 19.5 Å². The molecule has 390 valence electrons. The van der Waals surface area contributed by atoms with E-state index in [0.717, 1.165) is 70.6 Å². The number of ether oxygens (including phenoxy) is 4. The van der Waals surface area contributed by atoms with Gasteiger partial charge >= 0.3 is 17.9 Å². The van der Waals surface area contributed by atoms with E-state index in [1.54, 1.807) is 0 Å². The summed E-state index contributed by atoms with van der Waals surface area (Å²) in [4.78, 5) is 37.4. The van der Waals surface area contributed by atoms with Crippen LogP contribution in [0.5, 0.6) is 0 Å². The van der Waals surface area contributed by atoms with Crippen LogP contribution >= 0.6 is 0 Å². The molecule has 9 heteroatoms. The number of hydrogen-bond donors (Lipinski definition) is 1. The molecule has 0 rings (SSSR count). The van der Waals surface area contributed by atoms with E-state index in [1.807, 2.05) is 21.1 Å². The maximum atomic E-state index is 12.8. The number of hydrogen-bond acceptors (Lipinski definition) is 7. The number of carbonyl (C=O) groups excluding carboxylic acids is 2. The zero-order chi connectivity index (χ0) is 49.2. The van der Waals surface area contributed by atoms with Crippen molar-refractivity contribution in [3.63, 3.8) is 0 Å². The average Bonchev–Trinajstić information content (AvgIpc) is 3.29. The number of carbonyl (C=O) groups is 3. The second kappa shape index (κ2) is 49.7. The predicted octanol–water partition coefficient (Wildman–Crippen LogP) is 15.9. The molecular formula is C58H106NO8+. The fourth-order valence-electron chi connectivity index (χ4n) is 7.72. The smallest absolute Gasteiger partial charge is 0.361 e. The highest BCUT2D eigenvalue weighted by Gasteiger charge is 2.25. The number of esters is 2. The van der Waals surface area contributed by atoms with Gasteiger partial charge in [-0.1, -0.05) is 204 Å². The summed E-state index contributed by atoms with van der Waals surface area (Å²) in [6.07, 6.45) is 57.5. The number of likely N-dealkylation sites (N-methyl/N-ethyl adjacent to an activating group) is 1. The molecule has 0 aliphatic carbocycles. The number of nitrogens with zero attached hydrogens (tertiary/aromatic N) is 1. The quantitative estimate of drug-likeness (QED) is 0.0211. The number of aliphatic carboxylic acids is 1. The number of carboxylic acid groups (broad SMARTS) is 1. The van der Waals surface area contributed by atoms with Crippen LogP contribution in [-0.4, -0.2) is 87.4 Å². The second-order valence-corrected chi connectivity index (χ2v) is 19.9. The SMILES string of the molecule is CCCCCCC/C=C\C/C=C\C/C=C\CCCCCCCCC(=O)OC(COC(=O)CCCCCCCCCCC/C=C\CCCCCCCCCC)COC(OCC[N+](C)(C)C)C(=O)O. The highest BCUT2D eigenvalue weighted by molar-refractivity contribution is 5.71. The summed E-state index contributed by atoms with van der Waals surface area (Å²) < 4.78 is 22.8. The fraction of sp³-hybridized carbons (Fsp3) is 0.810. The van der Waals surface area contributed by atoms with Crippen molar-refractivity contribution in [2.75, 3.05) is 47.5 Å². The first kappa shape index (κ1) is 64.2. The first-order valence-corrected chi connectivity index (χ1v) is 27.8. The van der Waals surface area contributed by atoms with Crippen molar-refractivity contribution < 1.29 is 42.9 Å². The lowest BCUT2D eigenvalue weighted by Crippen LogP contribution is -2.40. The molecule has 0 radical (unpaired) electrons. The van der Waals surface area contributed by atoms with Gasteiger partial charge in [0.1, 0.15) is 13.2 Å². The molecule has 2 unspecified atom stereocenters. The molecule has 0 amide bonds. The largest absolute Gasteiger partial charge is 0.477 e. The molecule has 0 heterocycles. The highest BCUT2D eigenvalue weighted by atomic mass is 16.7. The van der Waals surface area contributed by atoms with Crippen molar-refractivity contribution in [2.45, 2.75) is 257 Å². The van der Waals surface area contributed by atoms with E-state index in [0.29, 0.717) is 23.9 Å². The zero-order valence-corrected chi connectivity index (χ0v) is 44.3. The van der Waals surface area contributed by atoms with Crippen molar-refractivity contribution in [3.8, 4) is 0 Å². The van der Waals surface area contributed by atoms with E-state index < -0.39 is 24.3 Å². The third-order valence-electron chi connectivity index (χ3n) is 12.1. The molecule has 0 saturated heterocycles. The third-order valence-corrected chi connectivity index (χ3v) is 12.1. The molecule has 9 nitrogen and oxygen atoms in total.